The first-order valence-electron chi connectivity index (χ1n) is 3.71. The van der Waals surface area contributed by atoms with Gasteiger partial charge in [0.05, 0.1) is 11.6 Å². The van der Waals surface area contributed by atoms with Crippen molar-refractivity contribution >= 4 is 21.7 Å². The van der Waals surface area contributed by atoms with Crippen molar-refractivity contribution in [2.24, 2.45) is 0 Å². The molecule has 5 nitrogen and oxygen atoms in total. The SMILES string of the molecule is CCOc1ncc(Cl)cc1S(=O)(=O)O. The number of pyridine rings is 1. The normalized spacial score (nSPS) is 11.4. The number of ether oxygens (including phenoxy) is 1. The summed E-state index contributed by atoms with van der Waals surface area (Å²) in [6.45, 7) is 1.92. The van der Waals surface area contributed by atoms with E-state index < -0.39 is 15.0 Å². The number of hydrogen-bond acceptors (Lipinski definition) is 4. The minimum atomic E-state index is -4.35. The van der Waals surface area contributed by atoms with Crippen molar-refractivity contribution in [3.8, 4) is 5.88 Å². The predicted molar refractivity (Wildman–Crippen MR) is 50.2 cm³/mol. The summed E-state index contributed by atoms with van der Waals surface area (Å²) >= 11 is 5.53. The smallest absolute Gasteiger partial charge is 0.299 e. The molecule has 0 bridgehead atoms. The van der Waals surface area contributed by atoms with Gasteiger partial charge in [-0.1, -0.05) is 11.6 Å². The molecule has 1 N–H and O–H groups in total. The van der Waals surface area contributed by atoms with Crippen LogP contribution in [0.5, 0.6) is 5.88 Å². The monoisotopic (exact) mass is 237 g/mol. The molecule has 0 radical (unpaired) electrons. The minimum absolute atomic E-state index is 0.112. The standard InChI is InChI=1S/C7H8ClNO4S/c1-2-13-7-6(14(10,11)12)3-5(8)4-9-7/h3-4H,2H2,1H3,(H,10,11,12). The zero-order chi connectivity index (χ0) is 10.8. The van der Waals surface area contributed by atoms with Gasteiger partial charge in [0, 0.05) is 6.20 Å². The van der Waals surface area contributed by atoms with Crippen molar-refractivity contribution < 1.29 is 17.7 Å². The van der Waals surface area contributed by atoms with Crippen LogP contribution in [0.2, 0.25) is 5.02 Å². The molecule has 0 saturated carbocycles. The maximum absolute atomic E-state index is 10.9. The van der Waals surface area contributed by atoms with Gasteiger partial charge in [-0.25, -0.2) is 4.98 Å². The Morgan fingerprint density at radius 1 is 1.64 bits per heavy atom. The maximum Gasteiger partial charge on any atom is 0.299 e. The largest absolute Gasteiger partial charge is 0.477 e. The molecule has 1 aromatic rings. The average Bonchev–Trinajstić information content (AvgIpc) is 2.07. The first-order valence-corrected chi connectivity index (χ1v) is 5.52. The number of rotatable bonds is 3. The highest BCUT2D eigenvalue weighted by atomic mass is 35.5. The zero-order valence-corrected chi connectivity index (χ0v) is 8.84. The molecule has 78 valence electrons. The van der Waals surface area contributed by atoms with Gasteiger partial charge >= 0.3 is 0 Å². The van der Waals surface area contributed by atoms with Crippen LogP contribution in [-0.4, -0.2) is 24.6 Å². The van der Waals surface area contributed by atoms with Crippen LogP contribution in [0.15, 0.2) is 17.2 Å². The predicted octanol–water partition coefficient (Wildman–Crippen LogP) is 1.38. The second-order valence-corrected chi connectivity index (χ2v) is 4.19. The lowest BCUT2D eigenvalue weighted by molar-refractivity contribution is 0.315. The van der Waals surface area contributed by atoms with Crippen LogP contribution in [0, 0.1) is 0 Å². The highest BCUT2D eigenvalue weighted by Crippen LogP contribution is 2.23. The third kappa shape index (κ3) is 2.57. The van der Waals surface area contributed by atoms with Crippen molar-refractivity contribution in [2.75, 3.05) is 6.61 Å². The van der Waals surface area contributed by atoms with E-state index >= 15 is 0 Å². The maximum atomic E-state index is 10.9. The molecule has 1 heterocycles. The molecule has 0 saturated heterocycles. The Kier molecular flexibility index (Phi) is 3.30. The van der Waals surface area contributed by atoms with Crippen molar-refractivity contribution in [2.45, 2.75) is 11.8 Å². The molecule has 14 heavy (non-hydrogen) atoms. The summed E-state index contributed by atoms with van der Waals surface area (Å²) in [6.07, 6.45) is 1.24. The van der Waals surface area contributed by atoms with Gasteiger partial charge in [0.1, 0.15) is 0 Å². The molecule has 0 unspecified atom stereocenters. The fourth-order valence-corrected chi connectivity index (χ4v) is 1.67. The van der Waals surface area contributed by atoms with E-state index in [9.17, 15) is 8.42 Å². The molecule has 0 atom stereocenters. The van der Waals surface area contributed by atoms with Crippen LogP contribution in [0.1, 0.15) is 6.92 Å². The molecule has 0 spiro atoms. The molecule has 0 aromatic carbocycles. The summed E-state index contributed by atoms with van der Waals surface area (Å²) in [5, 5.41) is 0.112. The molecule has 0 aliphatic carbocycles. The minimum Gasteiger partial charge on any atom is -0.477 e. The summed E-state index contributed by atoms with van der Waals surface area (Å²) in [5.41, 5.74) is 0. The van der Waals surface area contributed by atoms with Crippen LogP contribution in [-0.2, 0) is 10.1 Å². The number of aromatic nitrogens is 1. The quantitative estimate of drug-likeness (QED) is 0.804. The third-order valence-corrected chi connectivity index (χ3v) is 2.40. The number of nitrogens with zero attached hydrogens (tertiary/aromatic N) is 1. The van der Waals surface area contributed by atoms with Crippen molar-refractivity contribution in [1.29, 1.82) is 0 Å². The molecular formula is C7H8ClNO4S. The third-order valence-electron chi connectivity index (χ3n) is 1.34. The van der Waals surface area contributed by atoms with E-state index in [1.165, 1.54) is 6.20 Å². The Balaban J connectivity index is 3.30. The van der Waals surface area contributed by atoms with Crippen LogP contribution in [0.3, 0.4) is 0 Å². The van der Waals surface area contributed by atoms with Gasteiger partial charge in [0.25, 0.3) is 10.1 Å². The Morgan fingerprint density at radius 3 is 2.79 bits per heavy atom. The summed E-state index contributed by atoms with van der Waals surface area (Å²) < 4.78 is 35.4. The van der Waals surface area contributed by atoms with Gasteiger partial charge in [-0.15, -0.1) is 0 Å². The Hall–Kier alpha value is -0.850. The van der Waals surface area contributed by atoms with Gasteiger partial charge in [-0.2, -0.15) is 8.42 Å². The Labute approximate surface area is 86.4 Å². The summed E-state index contributed by atoms with van der Waals surface area (Å²) in [7, 11) is -4.35. The Bertz CT molecular complexity index is 431. The first-order chi connectivity index (χ1) is 6.45. The van der Waals surface area contributed by atoms with E-state index in [1.807, 2.05) is 0 Å². The van der Waals surface area contributed by atoms with Crippen molar-refractivity contribution in [3.05, 3.63) is 17.3 Å². The molecule has 0 aliphatic heterocycles. The van der Waals surface area contributed by atoms with Crippen LogP contribution in [0.25, 0.3) is 0 Å². The Morgan fingerprint density at radius 2 is 2.29 bits per heavy atom. The molecule has 0 amide bonds. The molecule has 0 aliphatic rings. The van der Waals surface area contributed by atoms with E-state index in [4.69, 9.17) is 20.9 Å². The highest BCUT2D eigenvalue weighted by Gasteiger charge is 2.18. The highest BCUT2D eigenvalue weighted by molar-refractivity contribution is 7.86. The average molecular weight is 238 g/mol. The van der Waals surface area contributed by atoms with Crippen LogP contribution in [0.4, 0.5) is 0 Å². The second-order valence-electron chi connectivity index (χ2n) is 2.36. The lowest BCUT2D eigenvalue weighted by Gasteiger charge is -2.06. The summed E-state index contributed by atoms with van der Waals surface area (Å²) in [6, 6.07) is 1.08. The van der Waals surface area contributed by atoms with Crippen molar-refractivity contribution in [1.82, 2.24) is 4.98 Å². The molecule has 1 rings (SSSR count). The topological polar surface area (TPSA) is 76.5 Å². The molecule has 7 heteroatoms. The van der Waals surface area contributed by atoms with E-state index in [0.29, 0.717) is 0 Å². The van der Waals surface area contributed by atoms with Gasteiger partial charge in [-0.3, -0.25) is 4.55 Å². The summed E-state index contributed by atoms with van der Waals surface area (Å²) in [5.74, 6) is -0.153. The lowest BCUT2D eigenvalue weighted by atomic mass is 10.5. The van der Waals surface area contributed by atoms with Gasteiger partial charge in [0.15, 0.2) is 4.90 Å². The number of hydrogen-bond donors (Lipinski definition) is 1. The molecule has 1 aromatic heterocycles. The van der Waals surface area contributed by atoms with Gasteiger partial charge in [-0.05, 0) is 13.0 Å². The number of halogens is 1. The van der Waals surface area contributed by atoms with Crippen LogP contribution < -0.4 is 4.74 Å². The van der Waals surface area contributed by atoms with Crippen LogP contribution >= 0.6 is 11.6 Å². The fraction of sp³-hybridized carbons (Fsp3) is 0.286. The van der Waals surface area contributed by atoms with E-state index in [0.717, 1.165) is 6.07 Å². The molecular weight excluding hydrogens is 230 g/mol. The lowest BCUT2D eigenvalue weighted by Crippen LogP contribution is -2.05. The summed E-state index contributed by atoms with van der Waals surface area (Å²) in [4.78, 5) is 3.22. The van der Waals surface area contributed by atoms with E-state index in [2.05, 4.69) is 4.98 Å². The zero-order valence-electron chi connectivity index (χ0n) is 7.27. The second kappa shape index (κ2) is 4.12. The first kappa shape index (κ1) is 11.2. The van der Waals surface area contributed by atoms with Gasteiger partial charge < -0.3 is 4.74 Å². The fourth-order valence-electron chi connectivity index (χ4n) is 0.838. The van der Waals surface area contributed by atoms with Crippen molar-refractivity contribution in [3.63, 3.8) is 0 Å². The van der Waals surface area contributed by atoms with Gasteiger partial charge in [0.2, 0.25) is 5.88 Å². The van der Waals surface area contributed by atoms with E-state index in [-0.39, 0.29) is 17.5 Å². The molecule has 0 fully saturated rings. The van der Waals surface area contributed by atoms with E-state index in [1.54, 1.807) is 6.92 Å².